The molecule has 0 aliphatic heterocycles. The number of esters is 1. The molecule has 1 N–H and O–H groups in total. The molecule has 1 saturated carbocycles. The first-order valence-electron chi connectivity index (χ1n) is 6.44. The summed E-state index contributed by atoms with van der Waals surface area (Å²) in [6.45, 7) is 1.54. The van der Waals surface area contributed by atoms with Crippen molar-refractivity contribution < 1.29 is 14.3 Å². The number of carbonyl (C=O) groups is 2. The van der Waals surface area contributed by atoms with Crippen molar-refractivity contribution in [3.63, 3.8) is 0 Å². The Bertz CT molecular complexity index is 529. The van der Waals surface area contributed by atoms with Gasteiger partial charge in [0.2, 0.25) is 0 Å². The fourth-order valence-electron chi connectivity index (χ4n) is 1.79. The molecule has 108 valence electrons. The van der Waals surface area contributed by atoms with E-state index in [0.717, 1.165) is 19.3 Å². The van der Waals surface area contributed by atoms with Crippen molar-refractivity contribution in [2.45, 2.75) is 32.3 Å². The summed E-state index contributed by atoms with van der Waals surface area (Å²) in [6, 6.07) is 4.75. The molecule has 4 nitrogen and oxygen atoms in total. The third-order valence-corrected chi connectivity index (χ3v) is 3.84. The molecule has 1 aromatic carbocycles. The van der Waals surface area contributed by atoms with Gasteiger partial charge in [-0.3, -0.25) is 9.59 Å². The van der Waals surface area contributed by atoms with Crippen molar-refractivity contribution in [1.29, 1.82) is 0 Å². The van der Waals surface area contributed by atoms with Crippen LogP contribution in [0, 0.1) is 5.92 Å². The van der Waals surface area contributed by atoms with E-state index in [2.05, 4.69) is 5.32 Å². The van der Waals surface area contributed by atoms with Crippen LogP contribution in [-0.2, 0) is 14.3 Å². The minimum Gasteiger partial charge on any atom is -0.452 e. The predicted molar refractivity (Wildman–Crippen MR) is 78.0 cm³/mol. The number of anilines is 1. The van der Waals surface area contributed by atoms with Gasteiger partial charge in [0.15, 0.2) is 6.10 Å². The Morgan fingerprint density at radius 3 is 2.60 bits per heavy atom. The Labute approximate surface area is 127 Å². The maximum absolute atomic E-state index is 11.9. The first kappa shape index (κ1) is 15.1. The number of hydrogen-bond donors (Lipinski definition) is 1. The number of halogens is 2. The Morgan fingerprint density at radius 1 is 1.35 bits per heavy atom. The van der Waals surface area contributed by atoms with E-state index in [9.17, 15) is 9.59 Å². The van der Waals surface area contributed by atoms with Gasteiger partial charge < -0.3 is 10.1 Å². The van der Waals surface area contributed by atoms with E-state index >= 15 is 0 Å². The monoisotopic (exact) mass is 315 g/mol. The number of benzene rings is 1. The molecule has 0 unspecified atom stereocenters. The number of carbonyl (C=O) groups excluding carboxylic acids is 2. The van der Waals surface area contributed by atoms with Gasteiger partial charge in [-0.1, -0.05) is 29.6 Å². The molecule has 20 heavy (non-hydrogen) atoms. The molecular formula is C14H15Cl2NO3. The summed E-state index contributed by atoms with van der Waals surface area (Å²) in [4.78, 5) is 23.6. The molecule has 0 aromatic heterocycles. The molecule has 1 aromatic rings. The average molecular weight is 316 g/mol. The first-order chi connectivity index (χ1) is 9.47. The molecule has 1 aliphatic carbocycles. The summed E-state index contributed by atoms with van der Waals surface area (Å²) in [5, 5.41) is 3.43. The number of rotatable bonds is 4. The van der Waals surface area contributed by atoms with Crippen molar-refractivity contribution in [2.75, 3.05) is 5.32 Å². The zero-order valence-electron chi connectivity index (χ0n) is 11.0. The van der Waals surface area contributed by atoms with E-state index in [0.29, 0.717) is 15.7 Å². The summed E-state index contributed by atoms with van der Waals surface area (Å²) in [5.74, 6) is -0.771. The van der Waals surface area contributed by atoms with Crippen LogP contribution in [0.5, 0.6) is 0 Å². The van der Waals surface area contributed by atoms with Gasteiger partial charge in [0.25, 0.3) is 5.91 Å². The lowest BCUT2D eigenvalue weighted by Gasteiger charge is -2.24. The van der Waals surface area contributed by atoms with Crippen LogP contribution in [0.15, 0.2) is 18.2 Å². The van der Waals surface area contributed by atoms with Crippen LogP contribution in [0.3, 0.4) is 0 Å². The van der Waals surface area contributed by atoms with Crippen LogP contribution in [0.25, 0.3) is 0 Å². The fourth-order valence-corrected chi connectivity index (χ4v) is 2.25. The zero-order chi connectivity index (χ0) is 14.7. The van der Waals surface area contributed by atoms with E-state index in [1.807, 2.05) is 0 Å². The van der Waals surface area contributed by atoms with Crippen LogP contribution in [0.4, 0.5) is 5.69 Å². The molecule has 2 rings (SSSR count). The Hall–Kier alpha value is -1.26. The summed E-state index contributed by atoms with van der Waals surface area (Å²) < 4.78 is 5.13. The quantitative estimate of drug-likeness (QED) is 0.862. The van der Waals surface area contributed by atoms with Crippen LogP contribution in [-0.4, -0.2) is 18.0 Å². The highest BCUT2D eigenvalue weighted by molar-refractivity contribution is 6.36. The Kier molecular flexibility index (Phi) is 4.89. The third kappa shape index (κ3) is 3.64. The highest BCUT2D eigenvalue weighted by atomic mass is 35.5. The molecule has 0 bridgehead atoms. The average Bonchev–Trinajstić information content (AvgIpc) is 2.30. The lowest BCUT2D eigenvalue weighted by Crippen LogP contribution is -2.34. The summed E-state index contributed by atoms with van der Waals surface area (Å²) in [5.41, 5.74) is 0.438. The van der Waals surface area contributed by atoms with Crippen molar-refractivity contribution >= 4 is 40.8 Å². The van der Waals surface area contributed by atoms with Gasteiger partial charge in [-0.25, -0.2) is 0 Å². The molecule has 6 heteroatoms. The Morgan fingerprint density at radius 2 is 2.05 bits per heavy atom. The van der Waals surface area contributed by atoms with Crippen molar-refractivity contribution in [1.82, 2.24) is 0 Å². The standard InChI is InChI=1S/C14H15Cl2NO3/c1-8(20-14(19)9-3-2-4-9)13(18)17-12-6-5-10(15)7-11(12)16/h5-9H,2-4H2,1H3,(H,17,18)/t8-/m1/s1. The number of amides is 1. The van der Waals surface area contributed by atoms with E-state index in [1.165, 1.54) is 13.0 Å². The minimum absolute atomic E-state index is 0.0515. The molecule has 0 saturated heterocycles. The Balaban J connectivity index is 1.91. The van der Waals surface area contributed by atoms with Gasteiger partial charge in [-0.05, 0) is 38.0 Å². The summed E-state index contributed by atoms with van der Waals surface area (Å²) in [7, 11) is 0. The SMILES string of the molecule is C[C@@H](OC(=O)C1CCC1)C(=O)Nc1ccc(Cl)cc1Cl. The highest BCUT2D eigenvalue weighted by Crippen LogP contribution is 2.28. The molecule has 0 spiro atoms. The van der Waals surface area contributed by atoms with Crippen molar-refractivity contribution in [2.24, 2.45) is 5.92 Å². The molecule has 1 aliphatic rings. The molecule has 1 amide bonds. The minimum atomic E-state index is -0.852. The molecule has 1 atom stereocenters. The van der Waals surface area contributed by atoms with Gasteiger partial charge in [0, 0.05) is 5.02 Å². The maximum atomic E-state index is 11.9. The summed E-state index contributed by atoms with van der Waals surface area (Å²) in [6.07, 6.45) is 1.88. The maximum Gasteiger partial charge on any atom is 0.309 e. The summed E-state index contributed by atoms with van der Waals surface area (Å²) >= 11 is 11.7. The first-order valence-corrected chi connectivity index (χ1v) is 7.19. The largest absolute Gasteiger partial charge is 0.452 e. The van der Waals surface area contributed by atoms with E-state index in [4.69, 9.17) is 27.9 Å². The lowest BCUT2D eigenvalue weighted by molar-refractivity contribution is -0.159. The molecule has 0 heterocycles. The number of ether oxygens (including phenoxy) is 1. The van der Waals surface area contributed by atoms with Crippen LogP contribution in [0.2, 0.25) is 10.0 Å². The van der Waals surface area contributed by atoms with Gasteiger partial charge in [-0.15, -0.1) is 0 Å². The normalized spacial score (nSPS) is 16.1. The van der Waals surface area contributed by atoms with Gasteiger partial charge >= 0.3 is 5.97 Å². The zero-order valence-corrected chi connectivity index (χ0v) is 12.5. The second-order valence-corrected chi connectivity index (χ2v) is 5.66. The lowest BCUT2D eigenvalue weighted by atomic mass is 9.86. The van der Waals surface area contributed by atoms with Crippen LogP contribution in [0.1, 0.15) is 26.2 Å². The predicted octanol–water partition coefficient (Wildman–Crippen LogP) is 3.66. The topological polar surface area (TPSA) is 55.4 Å². The smallest absolute Gasteiger partial charge is 0.309 e. The van der Waals surface area contributed by atoms with Gasteiger partial charge in [0.05, 0.1) is 16.6 Å². The third-order valence-electron chi connectivity index (χ3n) is 3.29. The van der Waals surface area contributed by atoms with E-state index in [-0.39, 0.29) is 11.9 Å². The second-order valence-electron chi connectivity index (χ2n) is 4.82. The number of hydrogen-bond acceptors (Lipinski definition) is 3. The van der Waals surface area contributed by atoms with Gasteiger partial charge in [-0.2, -0.15) is 0 Å². The van der Waals surface area contributed by atoms with Crippen molar-refractivity contribution in [3.8, 4) is 0 Å². The van der Waals surface area contributed by atoms with Crippen LogP contribution < -0.4 is 5.32 Å². The van der Waals surface area contributed by atoms with Gasteiger partial charge in [0.1, 0.15) is 0 Å². The molecule has 1 fully saturated rings. The number of nitrogens with one attached hydrogen (secondary N) is 1. The fraction of sp³-hybridized carbons (Fsp3) is 0.429. The van der Waals surface area contributed by atoms with Crippen molar-refractivity contribution in [3.05, 3.63) is 28.2 Å². The molecule has 0 radical (unpaired) electrons. The van der Waals surface area contributed by atoms with E-state index < -0.39 is 12.0 Å². The van der Waals surface area contributed by atoms with Crippen LogP contribution >= 0.6 is 23.2 Å². The van der Waals surface area contributed by atoms with E-state index in [1.54, 1.807) is 12.1 Å². The second kappa shape index (κ2) is 6.46. The highest BCUT2D eigenvalue weighted by Gasteiger charge is 2.29. The molecular weight excluding hydrogens is 301 g/mol.